The van der Waals surface area contributed by atoms with E-state index in [1.807, 2.05) is 0 Å². The third-order valence-electron chi connectivity index (χ3n) is 12.4. The molecule has 1 atom stereocenters. The summed E-state index contributed by atoms with van der Waals surface area (Å²) in [7, 11) is -4.03. The Labute approximate surface area is 352 Å². The fraction of sp³-hybridized carbons (Fsp3) is 0.396. The van der Waals surface area contributed by atoms with Crippen LogP contribution in [0.5, 0.6) is 0 Å². The number of hydrogen-bond acceptors (Lipinski definition) is 7. The summed E-state index contributed by atoms with van der Waals surface area (Å²) in [5.74, 6) is -0.0948. The molecule has 0 fully saturated rings. The molecule has 3 aliphatic rings. The van der Waals surface area contributed by atoms with Gasteiger partial charge in [-0.3, -0.25) is 8.76 Å². The number of unbranched alkanes of at least 4 members (excludes halogenated alkanes) is 2. The van der Waals surface area contributed by atoms with Crippen molar-refractivity contribution in [1.29, 1.82) is 0 Å². The molecule has 11 heteroatoms. The van der Waals surface area contributed by atoms with E-state index in [0.29, 0.717) is 38.9 Å². The molecule has 9 nitrogen and oxygen atoms in total. The Balaban J connectivity index is 1.28. The summed E-state index contributed by atoms with van der Waals surface area (Å²) in [5.41, 5.74) is 16.2. The molecule has 59 heavy (non-hydrogen) atoms. The van der Waals surface area contributed by atoms with E-state index in [9.17, 15) is 21.7 Å². The van der Waals surface area contributed by atoms with Crippen molar-refractivity contribution in [2.75, 3.05) is 42.6 Å². The fourth-order valence-corrected chi connectivity index (χ4v) is 10.6. The van der Waals surface area contributed by atoms with E-state index < -0.39 is 21.2 Å². The number of nitrogens with one attached hydrogen (secondary N) is 1. The van der Waals surface area contributed by atoms with Gasteiger partial charge in [-0.1, -0.05) is 91.7 Å². The lowest BCUT2D eigenvalue weighted by atomic mass is 9.78. The second-order valence-corrected chi connectivity index (χ2v) is 19.6. The number of nitrogens with two attached hydrogens (primary N) is 1. The molecule has 1 aliphatic carbocycles. The average molecular weight is 835 g/mol. The highest BCUT2D eigenvalue weighted by molar-refractivity contribution is 7.85. The molecule has 0 radical (unpaired) electrons. The van der Waals surface area contributed by atoms with Crippen LogP contribution < -0.4 is 16.0 Å². The van der Waals surface area contributed by atoms with Crippen LogP contribution >= 0.6 is 0 Å². The topological polar surface area (TPSA) is 139 Å². The molecule has 0 amide bonds. The lowest BCUT2D eigenvalue weighted by Crippen LogP contribution is -2.29. The van der Waals surface area contributed by atoms with Crippen LogP contribution in [0.15, 0.2) is 120 Å². The Bertz CT molecular complexity index is 2550. The Morgan fingerprint density at radius 1 is 0.864 bits per heavy atom. The third-order valence-corrected chi connectivity index (χ3v) is 13.8. The van der Waals surface area contributed by atoms with Gasteiger partial charge in [0.2, 0.25) is 5.69 Å². The van der Waals surface area contributed by atoms with E-state index in [2.05, 4.69) is 140 Å². The van der Waals surface area contributed by atoms with Crippen LogP contribution in [0.1, 0.15) is 83.8 Å². The predicted octanol–water partition coefficient (Wildman–Crippen LogP) is 8.85. The Morgan fingerprint density at radius 3 is 2.25 bits per heavy atom. The molecule has 312 valence electrons. The number of benzene rings is 4. The van der Waals surface area contributed by atoms with Crippen molar-refractivity contribution >= 4 is 59.8 Å². The largest absolute Gasteiger partial charge is 0.772 e. The lowest BCUT2D eigenvalue weighted by molar-refractivity contribution is -0.438. The average Bonchev–Trinajstić information content (AvgIpc) is 3.56. The molecule has 0 aromatic heterocycles. The van der Waals surface area contributed by atoms with E-state index in [1.54, 1.807) is 0 Å². The van der Waals surface area contributed by atoms with Gasteiger partial charge in [0.1, 0.15) is 6.54 Å². The van der Waals surface area contributed by atoms with Crippen molar-refractivity contribution in [3.8, 4) is 0 Å². The van der Waals surface area contributed by atoms with E-state index in [0.717, 1.165) is 49.3 Å². The van der Waals surface area contributed by atoms with Gasteiger partial charge in [0, 0.05) is 72.0 Å². The molecule has 7 rings (SSSR count). The highest BCUT2D eigenvalue weighted by atomic mass is 32.2. The number of hydrogen-bond donors (Lipinski definition) is 3. The maximum atomic E-state index is 11.6. The number of fused-ring (bicyclic) bond motifs is 6. The molecular formula is C48H58N4O5S2. The monoisotopic (exact) mass is 834 g/mol. The molecule has 2 heterocycles. The van der Waals surface area contributed by atoms with E-state index in [4.69, 9.17) is 5.73 Å². The zero-order valence-electron chi connectivity index (χ0n) is 34.8. The third kappa shape index (κ3) is 8.91. The van der Waals surface area contributed by atoms with Crippen LogP contribution in [0.25, 0.3) is 21.5 Å². The summed E-state index contributed by atoms with van der Waals surface area (Å²) in [6.07, 6.45) is 14.3. The molecule has 4 aromatic carbocycles. The van der Waals surface area contributed by atoms with Gasteiger partial charge < -0.3 is 20.5 Å². The van der Waals surface area contributed by atoms with Crippen LogP contribution in [0.4, 0.5) is 11.4 Å². The maximum absolute atomic E-state index is 11.6. The van der Waals surface area contributed by atoms with Gasteiger partial charge >= 0.3 is 0 Å². The normalized spacial score (nSPS) is 19.5. The quantitative estimate of drug-likeness (QED) is 0.0441. The highest BCUT2D eigenvalue weighted by Gasteiger charge is 2.45. The van der Waals surface area contributed by atoms with Crippen LogP contribution in [-0.4, -0.2) is 69.7 Å². The van der Waals surface area contributed by atoms with Gasteiger partial charge in [0.25, 0.3) is 10.1 Å². The smallest absolute Gasteiger partial charge is 0.264 e. The van der Waals surface area contributed by atoms with Crippen molar-refractivity contribution in [2.24, 2.45) is 5.73 Å². The summed E-state index contributed by atoms with van der Waals surface area (Å²) in [6, 6.07) is 25.8. The maximum Gasteiger partial charge on any atom is 0.264 e. The molecule has 4 N–H and O–H groups in total. The summed E-state index contributed by atoms with van der Waals surface area (Å²) in [5, 5.41) is 8.54. The van der Waals surface area contributed by atoms with Crippen molar-refractivity contribution < 1.29 is 26.3 Å². The first-order chi connectivity index (χ1) is 28.2. The van der Waals surface area contributed by atoms with Crippen LogP contribution in [0.2, 0.25) is 0 Å². The van der Waals surface area contributed by atoms with Gasteiger partial charge in [-0.05, 0) is 109 Å². The first-order valence-corrected chi connectivity index (χ1v) is 23.8. The number of rotatable bonds is 16. The second kappa shape index (κ2) is 17.7. The lowest BCUT2D eigenvalue weighted by Gasteiger charge is -2.28. The zero-order valence-corrected chi connectivity index (χ0v) is 36.4. The number of anilines is 1. The van der Waals surface area contributed by atoms with E-state index in [-0.39, 0.29) is 22.3 Å². The molecule has 0 saturated heterocycles. The van der Waals surface area contributed by atoms with Crippen LogP contribution in [-0.2, 0) is 32.0 Å². The van der Waals surface area contributed by atoms with Crippen LogP contribution in [0.3, 0.4) is 0 Å². The fourth-order valence-electron chi connectivity index (χ4n) is 9.64. The molecule has 1 unspecified atom stereocenters. The van der Waals surface area contributed by atoms with Crippen molar-refractivity contribution in [3.63, 3.8) is 0 Å². The van der Waals surface area contributed by atoms with E-state index in [1.165, 1.54) is 55.2 Å². The van der Waals surface area contributed by atoms with Crippen molar-refractivity contribution in [3.05, 3.63) is 131 Å². The minimum absolute atomic E-state index is 0.160. The summed E-state index contributed by atoms with van der Waals surface area (Å²) in [6.45, 7) is 11.6. The molecule has 0 saturated carbocycles. The Morgan fingerprint density at radius 2 is 1.56 bits per heavy atom. The molecule has 0 spiro atoms. The summed E-state index contributed by atoms with van der Waals surface area (Å²) < 4.78 is 57.7. The number of allylic oxidation sites excluding steroid dienone is 7. The summed E-state index contributed by atoms with van der Waals surface area (Å²) in [4.78, 5) is 2.34. The Kier molecular flexibility index (Phi) is 12.8. The molecule has 4 aromatic rings. The minimum atomic E-state index is -4.03. The highest BCUT2D eigenvalue weighted by Crippen LogP contribution is 2.51. The first kappa shape index (κ1) is 42.7. The van der Waals surface area contributed by atoms with Gasteiger partial charge in [0.15, 0.2) is 5.71 Å². The van der Waals surface area contributed by atoms with Gasteiger partial charge in [0.05, 0.1) is 11.2 Å². The predicted molar refractivity (Wildman–Crippen MR) is 243 cm³/mol. The summed E-state index contributed by atoms with van der Waals surface area (Å²) >= 11 is -2.06. The SMILES string of the molecule is CC1(C)C(/C=C/C2=C(NCCN)C(=C/C=C3\N(CCCCS(=O)(=O)O)c4ccc5ccccc5c4C3(C)C)/CCC2)=[N+](CCCCS(=O)[O-])c2ccc3ccccc3c21. The van der Waals surface area contributed by atoms with Crippen LogP contribution in [0, 0.1) is 0 Å². The van der Waals surface area contributed by atoms with Crippen molar-refractivity contribution in [1.82, 2.24) is 5.32 Å². The van der Waals surface area contributed by atoms with Gasteiger partial charge in [-0.2, -0.15) is 13.0 Å². The van der Waals surface area contributed by atoms with E-state index >= 15 is 0 Å². The zero-order chi connectivity index (χ0) is 42.0. The molecule has 2 aliphatic heterocycles. The minimum Gasteiger partial charge on any atom is -0.772 e. The molecule has 0 bridgehead atoms. The van der Waals surface area contributed by atoms with Crippen molar-refractivity contribution in [2.45, 2.75) is 83.5 Å². The standard InChI is InChI=1S/C48H58N4O5S2/c1-47(2)42(51(30-9-11-32-58(53)54)40-24-20-34-14-5-7-18-38(34)44(40)47)26-22-36-16-13-17-37(46(36)50-29-28-49)23-27-43-48(3,4)45-39-19-8-6-15-35(39)21-25-41(45)52(43)31-10-12-33-59(55,56)57/h5-8,14-15,18-27H,9-13,16-17,28-33,49H2,1-4H3,(H2,53,54,55,56,57)/b37-23+,43-27-. The Hall–Kier alpha value is -4.39. The second-order valence-electron chi connectivity index (χ2n) is 17.1. The molecular weight excluding hydrogens is 777 g/mol. The first-order valence-electron chi connectivity index (χ1n) is 21.0. The number of nitrogens with zero attached hydrogens (tertiary/aromatic N) is 2. The van der Waals surface area contributed by atoms with Gasteiger partial charge in [-0.15, -0.1) is 0 Å². The van der Waals surface area contributed by atoms with Gasteiger partial charge in [-0.25, -0.2) is 0 Å².